The van der Waals surface area contributed by atoms with Gasteiger partial charge >= 0.3 is 0 Å². The van der Waals surface area contributed by atoms with Gasteiger partial charge in [-0.25, -0.2) is 0 Å². The molecular formula is C28H26O3. The SMILES string of the molecule is OC(CC(O)(c1ccccc1)c1ccccc1)C(O)(c1ccccc1)c1ccccc1. The van der Waals surface area contributed by atoms with Crippen LogP contribution in [0.25, 0.3) is 0 Å². The first-order valence-corrected chi connectivity index (χ1v) is 10.4. The van der Waals surface area contributed by atoms with Crippen LogP contribution in [0.3, 0.4) is 0 Å². The quantitative estimate of drug-likeness (QED) is 0.417. The number of hydrogen-bond acceptors (Lipinski definition) is 3. The molecule has 0 radical (unpaired) electrons. The molecule has 0 spiro atoms. The lowest BCUT2D eigenvalue weighted by atomic mass is 9.74. The van der Waals surface area contributed by atoms with Gasteiger partial charge in [-0.3, -0.25) is 0 Å². The molecule has 0 aliphatic heterocycles. The molecule has 1 atom stereocenters. The topological polar surface area (TPSA) is 60.7 Å². The van der Waals surface area contributed by atoms with Crippen LogP contribution in [0, 0.1) is 0 Å². The van der Waals surface area contributed by atoms with E-state index in [1.54, 1.807) is 24.3 Å². The van der Waals surface area contributed by atoms with Gasteiger partial charge < -0.3 is 15.3 Å². The molecule has 1 unspecified atom stereocenters. The molecule has 0 saturated carbocycles. The van der Waals surface area contributed by atoms with Gasteiger partial charge in [0.15, 0.2) is 0 Å². The first-order chi connectivity index (χ1) is 15.0. The Kier molecular flexibility index (Phi) is 6.01. The average molecular weight is 411 g/mol. The molecule has 0 aromatic heterocycles. The normalized spacial score (nSPS) is 13.0. The average Bonchev–Trinajstić information content (AvgIpc) is 2.85. The lowest BCUT2D eigenvalue weighted by Gasteiger charge is -2.39. The zero-order valence-electron chi connectivity index (χ0n) is 17.2. The van der Waals surface area contributed by atoms with Crippen molar-refractivity contribution in [3.05, 3.63) is 144 Å². The number of rotatable bonds is 7. The molecule has 0 saturated heterocycles. The Morgan fingerprint density at radius 1 is 0.484 bits per heavy atom. The molecule has 4 aromatic rings. The van der Waals surface area contributed by atoms with Crippen molar-refractivity contribution in [2.45, 2.75) is 23.7 Å². The number of aliphatic hydroxyl groups is 3. The zero-order valence-corrected chi connectivity index (χ0v) is 17.2. The number of benzene rings is 4. The highest BCUT2D eigenvalue weighted by molar-refractivity contribution is 5.40. The minimum absolute atomic E-state index is 0.0959. The van der Waals surface area contributed by atoms with E-state index in [4.69, 9.17) is 0 Å². The molecule has 0 bridgehead atoms. The van der Waals surface area contributed by atoms with Crippen molar-refractivity contribution < 1.29 is 15.3 Å². The van der Waals surface area contributed by atoms with Crippen molar-refractivity contribution in [1.82, 2.24) is 0 Å². The van der Waals surface area contributed by atoms with Crippen molar-refractivity contribution in [2.24, 2.45) is 0 Å². The van der Waals surface area contributed by atoms with E-state index in [9.17, 15) is 15.3 Å². The molecule has 156 valence electrons. The van der Waals surface area contributed by atoms with Gasteiger partial charge in [-0.15, -0.1) is 0 Å². The number of hydrogen-bond donors (Lipinski definition) is 3. The fourth-order valence-electron chi connectivity index (χ4n) is 4.19. The predicted molar refractivity (Wildman–Crippen MR) is 122 cm³/mol. The lowest BCUT2D eigenvalue weighted by molar-refractivity contribution is -0.0868. The minimum atomic E-state index is -1.69. The fourth-order valence-corrected chi connectivity index (χ4v) is 4.19. The second-order valence-electron chi connectivity index (χ2n) is 7.81. The Hall–Kier alpha value is -3.24. The summed E-state index contributed by atoms with van der Waals surface area (Å²) >= 11 is 0. The van der Waals surface area contributed by atoms with Gasteiger partial charge in [0.1, 0.15) is 11.2 Å². The van der Waals surface area contributed by atoms with Crippen LogP contribution in [-0.4, -0.2) is 21.4 Å². The summed E-state index contributed by atoms with van der Waals surface area (Å²) in [7, 11) is 0. The van der Waals surface area contributed by atoms with Crippen molar-refractivity contribution in [3.8, 4) is 0 Å². The second kappa shape index (κ2) is 8.86. The maximum Gasteiger partial charge on any atom is 0.140 e. The van der Waals surface area contributed by atoms with Gasteiger partial charge in [-0.05, 0) is 22.3 Å². The van der Waals surface area contributed by atoms with E-state index in [1.807, 2.05) is 97.1 Å². The van der Waals surface area contributed by atoms with Crippen LogP contribution in [0.4, 0.5) is 0 Å². The Balaban J connectivity index is 1.82. The highest BCUT2D eigenvalue weighted by atomic mass is 16.3. The Labute approximate surface area is 182 Å². The fraction of sp³-hybridized carbons (Fsp3) is 0.143. The molecule has 3 N–H and O–H groups in total. The smallest absolute Gasteiger partial charge is 0.140 e. The standard InChI is InChI=1S/C28H26O3/c29-26(28(31,24-17-9-3-10-18-24)25-19-11-4-12-20-25)21-27(30,22-13-5-1-6-14-22)23-15-7-2-8-16-23/h1-20,26,29-31H,21H2. The maximum absolute atomic E-state index is 11.9. The molecule has 3 nitrogen and oxygen atoms in total. The van der Waals surface area contributed by atoms with E-state index in [0.717, 1.165) is 0 Å². The summed E-state index contributed by atoms with van der Waals surface area (Å²) < 4.78 is 0. The van der Waals surface area contributed by atoms with Crippen LogP contribution in [-0.2, 0) is 11.2 Å². The largest absolute Gasteiger partial charge is 0.389 e. The van der Waals surface area contributed by atoms with Crippen molar-refractivity contribution in [2.75, 3.05) is 0 Å². The van der Waals surface area contributed by atoms with E-state index >= 15 is 0 Å². The highest BCUT2D eigenvalue weighted by Crippen LogP contribution is 2.41. The van der Waals surface area contributed by atoms with Crippen LogP contribution < -0.4 is 0 Å². The first kappa shape index (κ1) is 21.0. The molecule has 0 aliphatic rings. The van der Waals surface area contributed by atoms with Crippen LogP contribution in [0.5, 0.6) is 0 Å². The summed E-state index contributed by atoms with van der Waals surface area (Å²) in [5, 5.41) is 35.4. The molecule has 0 aliphatic carbocycles. The molecular weight excluding hydrogens is 384 g/mol. The van der Waals surface area contributed by atoms with Crippen LogP contribution in [0.2, 0.25) is 0 Å². The van der Waals surface area contributed by atoms with Crippen LogP contribution in [0.1, 0.15) is 28.7 Å². The maximum atomic E-state index is 11.9. The van der Waals surface area contributed by atoms with Crippen LogP contribution in [0.15, 0.2) is 121 Å². The Morgan fingerprint density at radius 3 is 1.10 bits per heavy atom. The Morgan fingerprint density at radius 2 is 0.774 bits per heavy atom. The summed E-state index contributed by atoms with van der Waals surface area (Å²) in [6.45, 7) is 0. The summed E-state index contributed by atoms with van der Waals surface area (Å²) in [6.07, 6.45) is -1.39. The third-order valence-electron chi connectivity index (χ3n) is 5.90. The molecule has 4 rings (SSSR count). The van der Waals surface area contributed by atoms with Gasteiger partial charge in [0, 0.05) is 6.42 Å². The van der Waals surface area contributed by atoms with E-state index in [1.165, 1.54) is 0 Å². The van der Waals surface area contributed by atoms with Crippen molar-refractivity contribution >= 4 is 0 Å². The second-order valence-corrected chi connectivity index (χ2v) is 7.81. The molecule has 0 heterocycles. The Bertz CT molecular complexity index is 1000. The third kappa shape index (κ3) is 4.04. The summed E-state index contributed by atoms with van der Waals surface area (Å²) in [5.41, 5.74) is -0.735. The number of aliphatic hydroxyl groups excluding tert-OH is 1. The third-order valence-corrected chi connectivity index (χ3v) is 5.90. The molecule has 3 heteroatoms. The van der Waals surface area contributed by atoms with Crippen LogP contribution >= 0.6 is 0 Å². The summed E-state index contributed by atoms with van der Waals surface area (Å²) in [6, 6.07) is 36.8. The first-order valence-electron chi connectivity index (χ1n) is 10.4. The van der Waals surface area contributed by atoms with Crippen molar-refractivity contribution in [1.29, 1.82) is 0 Å². The van der Waals surface area contributed by atoms with Crippen molar-refractivity contribution in [3.63, 3.8) is 0 Å². The van der Waals surface area contributed by atoms with Gasteiger partial charge in [0.05, 0.1) is 6.10 Å². The summed E-state index contributed by atoms with van der Waals surface area (Å²) in [4.78, 5) is 0. The van der Waals surface area contributed by atoms with E-state index in [-0.39, 0.29) is 6.42 Å². The summed E-state index contributed by atoms with van der Waals surface area (Å²) in [5.74, 6) is 0. The minimum Gasteiger partial charge on any atom is -0.389 e. The molecule has 0 fully saturated rings. The van der Waals surface area contributed by atoms with E-state index in [2.05, 4.69) is 0 Å². The zero-order chi connectivity index (χ0) is 21.7. The highest BCUT2D eigenvalue weighted by Gasteiger charge is 2.45. The molecule has 4 aromatic carbocycles. The molecule has 0 amide bonds. The lowest BCUT2D eigenvalue weighted by Crippen LogP contribution is -2.45. The monoisotopic (exact) mass is 410 g/mol. The van der Waals surface area contributed by atoms with Gasteiger partial charge in [-0.1, -0.05) is 121 Å². The van der Waals surface area contributed by atoms with Gasteiger partial charge in [0.25, 0.3) is 0 Å². The van der Waals surface area contributed by atoms with E-state index in [0.29, 0.717) is 22.3 Å². The molecule has 31 heavy (non-hydrogen) atoms. The van der Waals surface area contributed by atoms with E-state index < -0.39 is 17.3 Å². The van der Waals surface area contributed by atoms with Gasteiger partial charge in [-0.2, -0.15) is 0 Å². The van der Waals surface area contributed by atoms with Gasteiger partial charge in [0.2, 0.25) is 0 Å². The predicted octanol–water partition coefficient (Wildman–Crippen LogP) is 4.61.